The van der Waals surface area contributed by atoms with Crippen molar-refractivity contribution in [2.45, 2.75) is 25.5 Å². The first-order valence-corrected chi connectivity index (χ1v) is 11.7. The van der Waals surface area contributed by atoms with Crippen LogP contribution in [0, 0.1) is 0 Å². The van der Waals surface area contributed by atoms with E-state index in [0.29, 0.717) is 38.1 Å². The first-order valence-electron chi connectivity index (χ1n) is 11.2. The molecule has 2 amide bonds. The summed E-state index contributed by atoms with van der Waals surface area (Å²) >= 11 is 5.90. The molecule has 0 atom stereocenters. The van der Waals surface area contributed by atoms with Gasteiger partial charge in [-0.3, -0.25) is 9.59 Å². The maximum absolute atomic E-state index is 13.3. The first-order chi connectivity index (χ1) is 16.2. The summed E-state index contributed by atoms with van der Waals surface area (Å²) in [6, 6.07) is 26.8. The highest BCUT2D eigenvalue weighted by Gasteiger charge is 2.31. The fourth-order valence-corrected chi connectivity index (χ4v) is 4.37. The fourth-order valence-electron chi connectivity index (χ4n) is 4.24. The van der Waals surface area contributed by atoms with E-state index in [0.717, 1.165) is 17.0 Å². The lowest BCUT2D eigenvalue weighted by Gasteiger charge is -2.38. The summed E-state index contributed by atoms with van der Waals surface area (Å²) in [6.07, 6.45) is 1.40. The summed E-state index contributed by atoms with van der Waals surface area (Å²) in [4.78, 5) is 29.6. The number of rotatable bonds is 7. The van der Waals surface area contributed by atoms with Crippen molar-refractivity contribution in [3.63, 3.8) is 0 Å². The van der Waals surface area contributed by atoms with Crippen LogP contribution < -0.4 is 9.64 Å². The number of hydrogen-bond donors (Lipinski definition) is 0. The minimum atomic E-state index is -0.115. The number of piperidine rings is 1. The minimum absolute atomic E-state index is 0.00403. The Morgan fingerprint density at radius 2 is 1.48 bits per heavy atom. The maximum Gasteiger partial charge on any atom is 0.254 e. The lowest BCUT2D eigenvalue weighted by Crippen LogP contribution is -2.49. The van der Waals surface area contributed by atoms with Gasteiger partial charge in [-0.25, -0.2) is 0 Å². The predicted molar refractivity (Wildman–Crippen MR) is 131 cm³/mol. The average molecular weight is 463 g/mol. The van der Waals surface area contributed by atoms with Crippen LogP contribution in [0.2, 0.25) is 0 Å². The molecule has 0 aromatic heterocycles. The zero-order valence-corrected chi connectivity index (χ0v) is 19.2. The SMILES string of the molecule is O=C(c1ccccc1COc1ccccc1)N1CCC(N(C(=O)CCl)c2ccccc2)CC1. The molecule has 3 aromatic carbocycles. The molecule has 170 valence electrons. The van der Waals surface area contributed by atoms with E-state index in [1.165, 1.54) is 0 Å². The van der Waals surface area contributed by atoms with Crippen molar-refractivity contribution < 1.29 is 14.3 Å². The van der Waals surface area contributed by atoms with Gasteiger partial charge in [-0.1, -0.05) is 54.6 Å². The van der Waals surface area contributed by atoms with Gasteiger partial charge in [0.1, 0.15) is 18.2 Å². The van der Waals surface area contributed by atoms with Crippen LogP contribution >= 0.6 is 11.6 Å². The van der Waals surface area contributed by atoms with Gasteiger partial charge in [0.25, 0.3) is 5.91 Å². The van der Waals surface area contributed by atoms with E-state index in [1.807, 2.05) is 89.8 Å². The zero-order valence-electron chi connectivity index (χ0n) is 18.4. The van der Waals surface area contributed by atoms with Crippen molar-refractivity contribution in [1.29, 1.82) is 0 Å². The molecular formula is C27H27ClN2O3. The van der Waals surface area contributed by atoms with Crippen LogP contribution in [0.5, 0.6) is 5.75 Å². The van der Waals surface area contributed by atoms with Gasteiger partial charge >= 0.3 is 0 Å². The lowest BCUT2D eigenvalue weighted by molar-refractivity contribution is -0.116. The molecule has 0 aliphatic carbocycles. The Bertz CT molecular complexity index is 1070. The van der Waals surface area contributed by atoms with Gasteiger partial charge in [-0.05, 0) is 43.2 Å². The predicted octanol–water partition coefficient (Wildman–Crippen LogP) is 5.14. The number of alkyl halides is 1. The third kappa shape index (κ3) is 5.55. The Morgan fingerprint density at radius 3 is 2.15 bits per heavy atom. The van der Waals surface area contributed by atoms with Crippen molar-refractivity contribution >= 4 is 29.1 Å². The number of amides is 2. The van der Waals surface area contributed by atoms with E-state index in [1.54, 1.807) is 4.90 Å². The summed E-state index contributed by atoms with van der Waals surface area (Å²) in [5.74, 6) is 0.584. The van der Waals surface area contributed by atoms with Gasteiger partial charge in [-0.2, -0.15) is 0 Å². The number of anilines is 1. The highest BCUT2D eigenvalue weighted by Crippen LogP contribution is 2.26. The van der Waals surface area contributed by atoms with Gasteiger partial charge in [0.05, 0.1) is 0 Å². The van der Waals surface area contributed by atoms with Crippen LogP contribution in [0.3, 0.4) is 0 Å². The van der Waals surface area contributed by atoms with Crippen molar-refractivity contribution in [2.75, 3.05) is 23.9 Å². The smallest absolute Gasteiger partial charge is 0.254 e. The third-order valence-corrected chi connectivity index (χ3v) is 6.15. The number of nitrogens with zero attached hydrogens (tertiary/aromatic N) is 2. The average Bonchev–Trinajstić information content (AvgIpc) is 2.89. The van der Waals surface area contributed by atoms with Crippen molar-refractivity contribution in [1.82, 2.24) is 4.90 Å². The van der Waals surface area contributed by atoms with Crippen LogP contribution in [0.1, 0.15) is 28.8 Å². The normalized spacial score (nSPS) is 14.0. The molecule has 0 saturated carbocycles. The van der Waals surface area contributed by atoms with Gasteiger partial charge in [0.2, 0.25) is 5.91 Å². The molecule has 1 saturated heterocycles. The quantitative estimate of drug-likeness (QED) is 0.457. The fraction of sp³-hybridized carbons (Fsp3) is 0.259. The minimum Gasteiger partial charge on any atom is -0.489 e. The summed E-state index contributed by atoms with van der Waals surface area (Å²) in [5.41, 5.74) is 2.36. The zero-order chi connectivity index (χ0) is 23.0. The Labute approximate surface area is 199 Å². The van der Waals surface area contributed by atoms with Crippen LogP contribution in [-0.2, 0) is 11.4 Å². The third-order valence-electron chi connectivity index (χ3n) is 5.92. The molecule has 0 spiro atoms. The number of likely N-dealkylation sites (tertiary alicyclic amines) is 1. The van der Waals surface area contributed by atoms with E-state index in [9.17, 15) is 9.59 Å². The topological polar surface area (TPSA) is 49.9 Å². The van der Waals surface area contributed by atoms with Gasteiger partial charge in [0, 0.05) is 35.9 Å². The van der Waals surface area contributed by atoms with Crippen molar-refractivity contribution in [3.8, 4) is 5.75 Å². The number of carbonyl (C=O) groups excluding carboxylic acids is 2. The number of halogens is 1. The van der Waals surface area contributed by atoms with E-state index in [4.69, 9.17) is 16.3 Å². The molecule has 0 bridgehead atoms. The van der Waals surface area contributed by atoms with Crippen LogP contribution in [-0.4, -0.2) is 41.7 Å². The summed E-state index contributed by atoms with van der Waals surface area (Å²) in [6.45, 7) is 1.49. The highest BCUT2D eigenvalue weighted by molar-refractivity contribution is 6.29. The standard InChI is InChI=1S/C27H27ClN2O3/c28-19-26(31)30(22-10-3-1-4-11-22)23-15-17-29(18-16-23)27(32)25-14-8-7-9-21(25)20-33-24-12-5-2-6-13-24/h1-14,23H,15-20H2. The second-order valence-electron chi connectivity index (χ2n) is 8.02. The van der Waals surface area contributed by atoms with E-state index in [-0.39, 0.29) is 23.7 Å². The van der Waals surface area contributed by atoms with Crippen molar-refractivity contribution in [2.24, 2.45) is 0 Å². The van der Waals surface area contributed by atoms with Crippen molar-refractivity contribution in [3.05, 3.63) is 96.1 Å². The Hall–Kier alpha value is -3.31. The molecule has 33 heavy (non-hydrogen) atoms. The van der Waals surface area contributed by atoms with E-state index >= 15 is 0 Å². The lowest BCUT2D eigenvalue weighted by atomic mass is 10.00. The second-order valence-corrected chi connectivity index (χ2v) is 8.28. The van der Waals surface area contributed by atoms with Gasteiger partial charge in [0.15, 0.2) is 0 Å². The Balaban J connectivity index is 1.43. The van der Waals surface area contributed by atoms with Crippen LogP contribution in [0.15, 0.2) is 84.9 Å². The van der Waals surface area contributed by atoms with Crippen LogP contribution in [0.4, 0.5) is 5.69 Å². The molecule has 0 radical (unpaired) electrons. The van der Waals surface area contributed by atoms with Gasteiger partial charge in [-0.15, -0.1) is 11.6 Å². The molecule has 4 rings (SSSR count). The number of hydrogen-bond acceptors (Lipinski definition) is 3. The molecule has 1 heterocycles. The first kappa shape index (κ1) is 22.9. The Morgan fingerprint density at radius 1 is 0.879 bits per heavy atom. The van der Waals surface area contributed by atoms with E-state index < -0.39 is 0 Å². The van der Waals surface area contributed by atoms with Crippen LogP contribution in [0.25, 0.3) is 0 Å². The number of benzene rings is 3. The molecule has 5 nitrogen and oxygen atoms in total. The summed E-state index contributed by atoms with van der Waals surface area (Å²) < 4.78 is 5.88. The largest absolute Gasteiger partial charge is 0.489 e. The highest BCUT2D eigenvalue weighted by atomic mass is 35.5. The van der Waals surface area contributed by atoms with E-state index in [2.05, 4.69) is 0 Å². The monoisotopic (exact) mass is 462 g/mol. The molecule has 3 aromatic rings. The number of carbonyl (C=O) groups is 2. The molecular weight excluding hydrogens is 436 g/mol. The van der Waals surface area contributed by atoms with Gasteiger partial charge < -0.3 is 14.5 Å². The second kappa shape index (κ2) is 11.0. The molecule has 6 heteroatoms. The maximum atomic E-state index is 13.3. The molecule has 0 unspecified atom stereocenters. The number of para-hydroxylation sites is 2. The molecule has 0 N–H and O–H groups in total. The summed E-state index contributed by atoms with van der Waals surface area (Å²) in [7, 11) is 0. The molecule has 1 aliphatic heterocycles. The molecule has 1 aliphatic rings. The number of ether oxygens (including phenoxy) is 1. The Kier molecular flexibility index (Phi) is 7.63. The molecule has 1 fully saturated rings. The summed E-state index contributed by atoms with van der Waals surface area (Å²) in [5, 5.41) is 0.